The molecule has 0 heterocycles. The Morgan fingerprint density at radius 1 is 1.18 bits per heavy atom. The molecule has 1 fully saturated rings. The second-order valence-corrected chi connectivity index (χ2v) is 6.26. The van der Waals surface area contributed by atoms with E-state index in [-0.39, 0.29) is 6.10 Å². The monoisotopic (exact) mass is 242 g/mol. The fourth-order valence-electron chi connectivity index (χ4n) is 2.78. The molecule has 1 aliphatic rings. The van der Waals surface area contributed by atoms with Crippen molar-refractivity contribution in [2.75, 3.05) is 20.6 Å². The first-order valence-electron chi connectivity index (χ1n) is 7.06. The maximum atomic E-state index is 9.52. The predicted octanol–water partition coefficient (Wildman–Crippen LogP) is 1.86. The summed E-state index contributed by atoms with van der Waals surface area (Å²) in [6, 6.07) is 1.20. The Kier molecular flexibility index (Phi) is 6.45. The normalized spacial score (nSPS) is 27.7. The Bertz CT molecular complexity index is 188. The minimum atomic E-state index is -0.0505. The van der Waals surface area contributed by atoms with Crippen LogP contribution in [0.15, 0.2) is 0 Å². The first-order chi connectivity index (χ1) is 7.97. The van der Waals surface area contributed by atoms with Crippen molar-refractivity contribution in [2.24, 2.45) is 5.92 Å². The van der Waals surface area contributed by atoms with Crippen molar-refractivity contribution in [1.29, 1.82) is 0 Å². The molecule has 17 heavy (non-hydrogen) atoms. The van der Waals surface area contributed by atoms with Crippen LogP contribution in [0.5, 0.6) is 0 Å². The Balaban J connectivity index is 2.36. The van der Waals surface area contributed by atoms with E-state index in [9.17, 15) is 5.11 Å². The number of rotatable bonds is 6. The van der Waals surface area contributed by atoms with E-state index in [1.807, 2.05) is 0 Å². The smallest absolute Gasteiger partial charge is 0.0541 e. The zero-order chi connectivity index (χ0) is 12.8. The second-order valence-electron chi connectivity index (χ2n) is 6.26. The summed E-state index contributed by atoms with van der Waals surface area (Å²) in [6.07, 6.45) is 5.37. The summed E-state index contributed by atoms with van der Waals surface area (Å²) < 4.78 is 0. The molecular weight excluding hydrogens is 212 g/mol. The molecule has 0 radical (unpaired) electrons. The molecule has 0 aromatic carbocycles. The fraction of sp³-hybridized carbons (Fsp3) is 1.00. The van der Waals surface area contributed by atoms with Crippen LogP contribution in [-0.2, 0) is 0 Å². The van der Waals surface area contributed by atoms with Crippen LogP contribution in [-0.4, -0.2) is 48.8 Å². The second kappa shape index (κ2) is 7.34. The number of aliphatic hydroxyl groups is 1. The van der Waals surface area contributed by atoms with Crippen LogP contribution < -0.4 is 5.32 Å². The Morgan fingerprint density at radius 2 is 1.76 bits per heavy atom. The topological polar surface area (TPSA) is 35.5 Å². The van der Waals surface area contributed by atoms with Crippen LogP contribution in [0.1, 0.15) is 46.0 Å². The summed E-state index contributed by atoms with van der Waals surface area (Å²) in [7, 11) is 4.28. The van der Waals surface area contributed by atoms with E-state index in [0.29, 0.717) is 12.1 Å². The lowest BCUT2D eigenvalue weighted by atomic mass is 9.91. The maximum absolute atomic E-state index is 9.52. The van der Waals surface area contributed by atoms with Crippen LogP contribution in [0, 0.1) is 5.92 Å². The molecule has 0 aliphatic heterocycles. The van der Waals surface area contributed by atoms with Crippen molar-refractivity contribution >= 4 is 0 Å². The molecule has 1 unspecified atom stereocenters. The van der Waals surface area contributed by atoms with Gasteiger partial charge in [-0.2, -0.15) is 0 Å². The van der Waals surface area contributed by atoms with E-state index in [1.54, 1.807) is 0 Å². The van der Waals surface area contributed by atoms with Crippen molar-refractivity contribution in [3.05, 3.63) is 0 Å². The van der Waals surface area contributed by atoms with Crippen LogP contribution in [0.4, 0.5) is 0 Å². The van der Waals surface area contributed by atoms with E-state index in [1.165, 1.54) is 6.42 Å². The number of hydrogen-bond donors (Lipinski definition) is 2. The molecule has 3 nitrogen and oxygen atoms in total. The standard InChI is InChI=1S/C14H30N2O/c1-11(2)9-13(10-16(3)4)15-12-5-7-14(17)8-6-12/h11-15,17H,5-10H2,1-4H3. The minimum absolute atomic E-state index is 0.0505. The summed E-state index contributed by atoms with van der Waals surface area (Å²) in [5.74, 6) is 0.738. The van der Waals surface area contributed by atoms with Crippen LogP contribution >= 0.6 is 0 Å². The average Bonchev–Trinajstić information content (AvgIpc) is 2.19. The quantitative estimate of drug-likeness (QED) is 0.746. The number of hydrogen-bond acceptors (Lipinski definition) is 3. The minimum Gasteiger partial charge on any atom is -0.393 e. The fourth-order valence-corrected chi connectivity index (χ4v) is 2.78. The zero-order valence-electron chi connectivity index (χ0n) is 11.9. The van der Waals surface area contributed by atoms with Gasteiger partial charge in [-0.3, -0.25) is 0 Å². The molecule has 0 aromatic rings. The molecule has 0 spiro atoms. The van der Waals surface area contributed by atoms with Crippen LogP contribution in [0.2, 0.25) is 0 Å². The van der Waals surface area contributed by atoms with Gasteiger partial charge in [0.05, 0.1) is 6.10 Å². The molecule has 1 aliphatic carbocycles. The molecule has 0 bridgehead atoms. The molecule has 3 heteroatoms. The third-order valence-electron chi connectivity index (χ3n) is 3.51. The van der Waals surface area contributed by atoms with Gasteiger partial charge < -0.3 is 15.3 Å². The van der Waals surface area contributed by atoms with E-state index >= 15 is 0 Å². The lowest BCUT2D eigenvalue weighted by molar-refractivity contribution is 0.111. The maximum Gasteiger partial charge on any atom is 0.0541 e. The molecule has 2 N–H and O–H groups in total. The van der Waals surface area contributed by atoms with Gasteiger partial charge in [-0.05, 0) is 52.1 Å². The van der Waals surface area contributed by atoms with Gasteiger partial charge in [-0.15, -0.1) is 0 Å². The van der Waals surface area contributed by atoms with Crippen molar-refractivity contribution in [2.45, 2.75) is 64.1 Å². The molecule has 0 aromatic heterocycles. The largest absolute Gasteiger partial charge is 0.393 e. The van der Waals surface area contributed by atoms with Gasteiger partial charge in [-0.25, -0.2) is 0 Å². The summed E-state index contributed by atoms with van der Waals surface area (Å²) in [6.45, 7) is 5.68. The summed E-state index contributed by atoms with van der Waals surface area (Å²) in [5.41, 5.74) is 0. The highest BCUT2D eigenvalue weighted by atomic mass is 16.3. The van der Waals surface area contributed by atoms with Gasteiger partial charge in [0.25, 0.3) is 0 Å². The number of aliphatic hydroxyl groups excluding tert-OH is 1. The Labute approximate surface area is 107 Å². The molecule has 0 amide bonds. The van der Waals surface area contributed by atoms with E-state index < -0.39 is 0 Å². The van der Waals surface area contributed by atoms with Gasteiger partial charge >= 0.3 is 0 Å². The predicted molar refractivity (Wildman–Crippen MR) is 73.2 cm³/mol. The van der Waals surface area contributed by atoms with Crippen molar-refractivity contribution in [3.8, 4) is 0 Å². The molecule has 1 saturated carbocycles. The SMILES string of the molecule is CC(C)CC(CN(C)C)NC1CCC(O)CC1. The summed E-state index contributed by atoms with van der Waals surface area (Å²) >= 11 is 0. The zero-order valence-corrected chi connectivity index (χ0v) is 11.9. The van der Waals surface area contributed by atoms with Crippen molar-refractivity contribution in [1.82, 2.24) is 10.2 Å². The van der Waals surface area contributed by atoms with Crippen LogP contribution in [0.25, 0.3) is 0 Å². The van der Waals surface area contributed by atoms with Crippen LogP contribution in [0.3, 0.4) is 0 Å². The van der Waals surface area contributed by atoms with Crippen molar-refractivity contribution in [3.63, 3.8) is 0 Å². The average molecular weight is 242 g/mol. The van der Waals surface area contributed by atoms with Gasteiger partial charge in [-0.1, -0.05) is 13.8 Å². The third kappa shape index (κ3) is 6.39. The van der Waals surface area contributed by atoms with E-state index in [4.69, 9.17) is 0 Å². The lowest BCUT2D eigenvalue weighted by Crippen LogP contribution is -2.46. The van der Waals surface area contributed by atoms with Crippen molar-refractivity contribution < 1.29 is 5.11 Å². The highest BCUT2D eigenvalue weighted by molar-refractivity contribution is 4.81. The summed E-state index contributed by atoms with van der Waals surface area (Å²) in [5, 5.41) is 13.3. The first-order valence-corrected chi connectivity index (χ1v) is 7.06. The number of nitrogens with one attached hydrogen (secondary N) is 1. The van der Waals surface area contributed by atoms with E-state index in [0.717, 1.165) is 38.1 Å². The molecular formula is C14H30N2O. The van der Waals surface area contributed by atoms with Gasteiger partial charge in [0.15, 0.2) is 0 Å². The summed E-state index contributed by atoms with van der Waals surface area (Å²) in [4.78, 5) is 2.26. The Morgan fingerprint density at radius 3 is 2.24 bits per heavy atom. The van der Waals surface area contributed by atoms with Gasteiger partial charge in [0, 0.05) is 18.6 Å². The number of likely N-dealkylation sites (N-methyl/N-ethyl adjacent to an activating group) is 1. The van der Waals surface area contributed by atoms with Gasteiger partial charge in [0.1, 0.15) is 0 Å². The van der Waals surface area contributed by atoms with Gasteiger partial charge in [0.2, 0.25) is 0 Å². The Hall–Kier alpha value is -0.120. The molecule has 102 valence electrons. The number of nitrogens with zero attached hydrogens (tertiary/aromatic N) is 1. The lowest BCUT2D eigenvalue weighted by Gasteiger charge is -2.32. The molecule has 1 atom stereocenters. The first kappa shape index (κ1) is 14.9. The highest BCUT2D eigenvalue weighted by Gasteiger charge is 2.22. The molecule has 1 rings (SSSR count). The van der Waals surface area contributed by atoms with E-state index in [2.05, 4.69) is 38.2 Å². The highest BCUT2D eigenvalue weighted by Crippen LogP contribution is 2.19. The third-order valence-corrected chi connectivity index (χ3v) is 3.51. The molecule has 0 saturated heterocycles.